The molecule has 8 heteroatoms. The lowest BCUT2D eigenvalue weighted by molar-refractivity contribution is -0.115. The Balaban J connectivity index is 1.73. The number of pyridine rings is 1. The van der Waals surface area contributed by atoms with E-state index in [9.17, 15) is 9.59 Å². The minimum absolute atomic E-state index is 0.00675. The zero-order chi connectivity index (χ0) is 18.5. The van der Waals surface area contributed by atoms with Crippen LogP contribution in [-0.2, 0) is 16.1 Å². The molecule has 0 fully saturated rings. The molecule has 0 unspecified atom stereocenters. The number of hydrogen-bond acceptors (Lipinski definition) is 6. The normalized spacial score (nSPS) is 10.4. The molecule has 26 heavy (non-hydrogen) atoms. The van der Waals surface area contributed by atoms with Crippen LogP contribution in [0.15, 0.2) is 54.0 Å². The van der Waals surface area contributed by atoms with Crippen molar-refractivity contribution in [2.45, 2.75) is 13.5 Å². The third-order valence-corrected chi connectivity index (χ3v) is 4.45. The Hall–Kier alpha value is -2.77. The molecule has 1 aromatic carbocycles. The second-order valence-corrected chi connectivity index (χ2v) is 6.52. The highest BCUT2D eigenvalue weighted by atomic mass is 35.5. The van der Waals surface area contributed by atoms with Crippen molar-refractivity contribution in [3.8, 4) is 0 Å². The van der Waals surface area contributed by atoms with E-state index in [0.717, 1.165) is 0 Å². The first-order valence-electron chi connectivity index (χ1n) is 7.63. The molecule has 2 heterocycles. The summed E-state index contributed by atoms with van der Waals surface area (Å²) in [5.41, 5.74) is 1.39. The van der Waals surface area contributed by atoms with Crippen LogP contribution in [0.25, 0.3) is 0 Å². The smallest absolute Gasteiger partial charge is 0.357 e. The zero-order valence-electron chi connectivity index (χ0n) is 13.8. The van der Waals surface area contributed by atoms with E-state index < -0.39 is 5.97 Å². The molecule has 1 amide bonds. The van der Waals surface area contributed by atoms with Gasteiger partial charge in [-0.2, -0.15) is 0 Å². The maximum atomic E-state index is 12.1. The molecule has 0 bridgehead atoms. The van der Waals surface area contributed by atoms with Gasteiger partial charge in [-0.05, 0) is 30.3 Å². The second kappa shape index (κ2) is 8.07. The maximum absolute atomic E-state index is 12.1. The predicted octanol–water partition coefficient (Wildman–Crippen LogP) is 4.23. The fourth-order valence-electron chi connectivity index (χ4n) is 2.20. The first kappa shape index (κ1) is 18.0. The van der Waals surface area contributed by atoms with Crippen LogP contribution in [0.3, 0.4) is 0 Å². The molecule has 0 aliphatic rings. The number of hydrogen-bond donors (Lipinski definition) is 0. The number of anilines is 2. The average molecular weight is 388 g/mol. The number of esters is 1. The highest BCUT2D eigenvalue weighted by Crippen LogP contribution is 2.30. The molecule has 3 aromatic rings. The van der Waals surface area contributed by atoms with Gasteiger partial charge in [0.25, 0.3) is 0 Å². The third-order valence-electron chi connectivity index (χ3n) is 3.34. The average Bonchev–Trinajstić information content (AvgIpc) is 3.09. The number of rotatable bonds is 5. The second-order valence-electron chi connectivity index (χ2n) is 5.25. The Morgan fingerprint density at radius 2 is 2.08 bits per heavy atom. The molecule has 2 aromatic heterocycles. The standard InChI is InChI=1S/C18H14ClN3O3S/c1-12(23)22(15-6-4-5-13(19)9-15)18-21-14(11-26-18)10-25-17(24)16-7-2-3-8-20-16/h2-9,11H,10H2,1H3. The summed E-state index contributed by atoms with van der Waals surface area (Å²) in [6.07, 6.45) is 1.52. The zero-order valence-corrected chi connectivity index (χ0v) is 15.3. The van der Waals surface area contributed by atoms with Gasteiger partial charge in [-0.25, -0.2) is 14.8 Å². The summed E-state index contributed by atoms with van der Waals surface area (Å²) >= 11 is 7.29. The number of halogens is 1. The van der Waals surface area contributed by atoms with Crippen LogP contribution >= 0.6 is 22.9 Å². The molecule has 0 spiro atoms. The Kier molecular flexibility index (Phi) is 5.60. The van der Waals surface area contributed by atoms with Crippen molar-refractivity contribution in [2.75, 3.05) is 4.90 Å². The molecule has 0 saturated carbocycles. The first-order valence-corrected chi connectivity index (χ1v) is 8.89. The van der Waals surface area contributed by atoms with Gasteiger partial charge in [-0.3, -0.25) is 9.69 Å². The maximum Gasteiger partial charge on any atom is 0.357 e. The van der Waals surface area contributed by atoms with Gasteiger partial charge in [0, 0.05) is 23.5 Å². The van der Waals surface area contributed by atoms with E-state index in [1.165, 1.54) is 29.4 Å². The van der Waals surface area contributed by atoms with Gasteiger partial charge >= 0.3 is 5.97 Å². The van der Waals surface area contributed by atoms with E-state index >= 15 is 0 Å². The molecular formula is C18H14ClN3O3S. The molecule has 3 rings (SSSR count). The van der Waals surface area contributed by atoms with E-state index in [2.05, 4.69) is 9.97 Å². The lowest BCUT2D eigenvalue weighted by Gasteiger charge is -2.18. The van der Waals surface area contributed by atoms with E-state index in [1.807, 2.05) is 0 Å². The first-order chi connectivity index (χ1) is 12.5. The number of nitrogens with zero attached hydrogens (tertiary/aromatic N) is 3. The number of ether oxygens (including phenoxy) is 1. The van der Waals surface area contributed by atoms with Crippen molar-refractivity contribution >= 4 is 45.6 Å². The number of amides is 1. The fraction of sp³-hybridized carbons (Fsp3) is 0.111. The van der Waals surface area contributed by atoms with E-state index in [4.69, 9.17) is 16.3 Å². The van der Waals surface area contributed by atoms with Crippen LogP contribution in [0.4, 0.5) is 10.8 Å². The summed E-state index contributed by atoms with van der Waals surface area (Å²) < 4.78 is 5.21. The molecular weight excluding hydrogens is 374 g/mol. The predicted molar refractivity (Wildman–Crippen MR) is 99.7 cm³/mol. The van der Waals surface area contributed by atoms with Crippen LogP contribution in [0.2, 0.25) is 5.02 Å². The van der Waals surface area contributed by atoms with Gasteiger partial charge in [-0.15, -0.1) is 11.3 Å². The lowest BCUT2D eigenvalue weighted by Crippen LogP contribution is -2.22. The van der Waals surface area contributed by atoms with Crippen molar-refractivity contribution in [1.82, 2.24) is 9.97 Å². The summed E-state index contributed by atoms with van der Waals surface area (Å²) in [5.74, 6) is -0.725. The summed E-state index contributed by atoms with van der Waals surface area (Å²) in [7, 11) is 0. The van der Waals surface area contributed by atoms with Crippen LogP contribution in [0.1, 0.15) is 23.1 Å². The number of carbonyl (C=O) groups is 2. The Morgan fingerprint density at radius 3 is 2.77 bits per heavy atom. The van der Waals surface area contributed by atoms with Crippen molar-refractivity contribution in [3.05, 3.63) is 70.5 Å². The van der Waals surface area contributed by atoms with Crippen molar-refractivity contribution in [1.29, 1.82) is 0 Å². The summed E-state index contributed by atoms with van der Waals surface area (Å²) in [5, 5.41) is 2.74. The highest BCUT2D eigenvalue weighted by Gasteiger charge is 2.19. The number of thiazole rings is 1. The number of carbonyl (C=O) groups excluding carboxylic acids is 2. The molecule has 132 valence electrons. The topological polar surface area (TPSA) is 72.4 Å². The van der Waals surface area contributed by atoms with Gasteiger partial charge in [0.2, 0.25) is 5.91 Å². The summed E-state index contributed by atoms with van der Waals surface area (Å²) in [6, 6.07) is 12.0. The van der Waals surface area contributed by atoms with Crippen LogP contribution < -0.4 is 4.90 Å². The van der Waals surface area contributed by atoms with Gasteiger partial charge in [-0.1, -0.05) is 23.7 Å². The molecule has 0 aliphatic carbocycles. The number of aromatic nitrogens is 2. The minimum atomic E-state index is -0.529. The highest BCUT2D eigenvalue weighted by molar-refractivity contribution is 7.14. The van der Waals surface area contributed by atoms with Crippen molar-refractivity contribution in [3.63, 3.8) is 0 Å². The molecule has 0 atom stereocenters. The quantitative estimate of drug-likeness (QED) is 0.612. The molecule has 0 N–H and O–H groups in total. The van der Waals surface area contributed by atoms with Gasteiger partial charge in [0.15, 0.2) is 5.13 Å². The molecule has 6 nitrogen and oxygen atoms in total. The minimum Gasteiger partial charge on any atom is -0.454 e. The molecule has 0 aliphatic heterocycles. The Bertz CT molecular complexity index is 930. The van der Waals surface area contributed by atoms with Gasteiger partial charge in [0.05, 0.1) is 11.4 Å². The van der Waals surface area contributed by atoms with Crippen molar-refractivity contribution < 1.29 is 14.3 Å². The molecule has 0 radical (unpaired) electrons. The largest absolute Gasteiger partial charge is 0.454 e. The van der Waals surface area contributed by atoms with Crippen LogP contribution in [0, 0.1) is 0 Å². The van der Waals surface area contributed by atoms with Crippen LogP contribution in [-0.4, -0.2) is 21.8 Å². The summed E-state index contributed by atoms with van der Waals surface area (Å²) in [4.78, 5) is 33.8. The molecule has 0 saturated heterocycles. The SMILES string of the molecule is CC(=O)N(c1cccc(Cl)c1)c1nc(COC(=O)c2ccccn2)cs1. The van der Waals surface area contributed by atoms with E-state index in [1.54, 1.807) is 47.8 Å². The Morgan fingerprint density at radius 1 is 1.23 bits per heavy atom. The summed E-state index contributed by atoms with van der Waals surface area (Å²) in [6.45, 7) is 1.44. The Labute approximate surface area is 159 Å². The van der Waals surface area contributed by atoms with E-state index in [0.29, 0.717) is 21.5 Å². The van der Waals surface area contributed by atoms with Crippen molar-refractivity contribution in [2.24, 2.45) is 0 Å². The van der Waals surface area contributed by atoms with Crippen LogP contribution in [0.5, 0.6) is 0 Å². The fourth-order valence-corrected chi connectivity index (χ4v) is 3.26. The monoisotopic (exact) mass is 387 g/mol. The third kappa shape index (κ3) is 4.25. The number of benzene rings is 1. The van der Waals surface area contributed by atoms with E-state index in [-0.39, 0.29) is 18.2 Å². The van der Waals surface area contributed by atoms with Gasteiger partial charge in [0.1, 0.15) is 12.3 Å². The van der Waals surface area contributed by atoms with Gasteiger partial charge < -0.3 is 4.74 Å². The lowest BCUT2D eigenvalue weighted by atomic mass is 10.3.